The first kappa shape index (κ1) is 15.5. The van der Waals surface area contributed by atoms with Crippen LogP contribution in [0.1, 0.15) is 50.9 Å². The van der Waals surface area contributed by atoms with Crippen LogP contribution < -0.4 is 5.73 Å². The highest BCUT2D eigenvalue weighted by molar-refractivity contribution is 5.95. The van der Waals surface area contributed by atoms with Gasteiger partial charge < -0.3 is 10.6 Å². The molecule has 0 aliphatic heterocycles. The van der Waals surface area contributed by atoms with E-state index < -0.39 is 0 Å². The first-order valence-electron chi connectivity index (χ1n) is 7.16. The second-order valence-electron chi connectivity index (χ2n) is 5.45. The highest BCUT2D eigenvalue weighted by Gasteiger charge is 2.23. The van der Waals surface area contributed by atoms with E-state index in [0.717, 1.165) is 19.4 Å². The summed E-state index contributed by atoms with van der Waals surface area (Å²) in [7, 11) is 0. The first-order valence-corrected chi connectivity index (χ1v) is 7.16. The van der Waals surface area contributed by atoms with Crippen LogP contribution in [0.3, 0.4) is 0 Å². The molecule has 1 aromatic rings. The van der Waals surface area contributed by atoms with Crippen LogP contribution in [-0.2, 0) is 0 Å². The van der Waals surface area contributed by atoms with Crippen LogP contribution in [0.25, 0.3) is 0 Å². The minimum atomic E-state index is 0.0923. The molecule has 0 spiro atoms. The fourth-order valence-corrected chi connectivity index (χ4v) is 2.36. The molecule has 0 atom stereocenters. The Morgan fingerprint density at radius 1 is 1.26 bits per heavy atom. The van der Waals surface area contributed by atoms with Gasteiger partial charge in [-0.1, -0.05) is 33.8 Å². The summed E-state index contributed by atoms with van der Waals surface area (Å²) in [5.41, 5.74) is 7.09. The van der Waals surface area contributed by atoms with E-state index in [1.54, 1.807) is 12.1 Å². The molecular weight excluding hydrogens is 236 g/mol. The lowest BCUT2D eigenvalue weighted by Gasteiger charge is -2.32. The summed E-state index contributed by atoms with van der Waals surface area (Å²) in [5.74, 6) is 0.556. The Labute approximate surface area is 116 Å². The average Bonchev–Trinajstić information content (AvgIpc) is 2.37. The minimum Gasteiger partial charge on any atom is -0.399 e. The van der Waals surface area contributed by atoms with Gasteiger partial charge in [-0.2, -0.15) is 0 Å². The van der Waals surface area contributed by atoms with Gasteiger partial charge in [-0.15, -0.1) is 0 Å². The smallest absolute Gasteiger partial charge is 0.254 e. The largest absolute Gasteiger partial charge is 0.399 e. The third kappa shape index (κ3) is 4.27. The van der Waals surface area contributed by atoms with Gasteiger partial charge in [0.25, 0.3) is 5.91 Å². The zero-order valence-electron chi connectivity index (χ0n) is 12.5. The van der Waals surface area contributed by atoms with Crippen molar-refractivity contribution in [2.45, 2.75) is 46.6 Å². The normalized spacial score (nSPS) is 11.1. The molecule has 2 N–H and O–H groups in total. The minimum absolute atomic E-state index is 0.0923. The standard InChI is InChI=1S/C16H26N2O/c1-5-15(6-2)18(11-12(3)4)16(19)13-8-7-9-14(17)10-13/h7-10,12,15H,5-6,11,17H2,1-4H3. The number of hydrogen-bond donors (Lipinski definition) is 1. The Kier molecular flexibility index (Phi) is 5.87. The van der Waals surface area contributed by atoms with E-state index >= 15 is 0 Å². The van der Waals surface area contributed by atoms with Crippen molar-refractivity contribution in [3.8, 4) is 0 Å². The molecule has 0 saturated heterocycles. The van der Waals surface area contributed by atoms with E-state index in [9.17, 15) is 4.79 Å². The molecule has 3 heteroatoms. The maximum atomic E-state index is 12.7. The van der Waals surface area contributed by atoms with Crippen molar-refractivity contribution in [3.63, 3.8) is 0 Å². The summed E-state index contributed by atoms with van der Waals surface area (Å²) in [4.78, 5) is 14.7. The molecule has 0 saturated carbocycles. The highest BCUT2D eigenvalue weighted by atomic mass is 16.2. The predicted octanol–water partition coefficient (Wildman–Crippen LogP) is 3.56. The average molecular weight is 262 g/mol. The van der Waals surface area contributed by atoms with E-state index in [1.807, 2.05) is 17.0 Å². The Morgan fingerprint density at radius 2 is 1.89 bits per heavy atom. The fourth-order valence-electron chi connectivity index (χ4n) is 2.36. The Bertz CT molecular complexity index is 411. The van der Waals surface area contributed by atoms with E-state index in [2.05, 4.69) is 27.7 Å². The van der Waals surface area contributed by atoms with Crippen LogP contribution in [0.2, 0.25) is 0 Å². The van der Waals surface area contributed by atoms with E-state index in [-0.39, 0.29) is 5.91 Å². The topological polar surface area (TPSA) is 46.3 Å². The fraction of sp³-hybridized carbons (Fsp3) is 0.562. The molecule has 0 fully saturated rings. The number of rotatable bonds is 6. The number of benzene rings is 1. The van der Waals surface area contributed by atoms with Gasteiger partial charge in [0.1, 0.15) is 0 Å². The van der Waals surface area contributed by atoms with E-state index in [1.165, 1.54) is 0 Å². The third-order valence-corrected chi connectivity index (χ3v) is 3.34. The van der Waals surface area contributed by atoms with Gasteiger partial charge in [-0.25, -0.2) is 0 Å². The molecule has 0 heterocycles. The molecule has 19 heavy (non-hydrogen) atoms. The van der Waals surface area contributed by atoms with Crippen molar-refractivity contribution in [2.24, 2.45) is 5.92 Å². The summed E-state index contributed by atoms with van der Waals surface area (Å²) in [6.07, 6.45) is 1.97. The molecule has 1 aromatic carbocycles. The molecule has 0 unspecified atom stereocenters. The van der Waals surface area contributed by atoms with Gasteiger partial charge in [0.2, 0.25) is 0 Å². The monoisotopic (exact) mass is 262 g/mol. The number of carbonyl (C=O) groups is 1. The van der Waals surface area contributed by atoms with Gasteiger partial charge in [-0.3, -0.25) is 4.79 Å². The number of anilines is 1. The number of nitrogen functional groups attached to an aromatic ring is 1. The summed E-state index contributed by atoms with van der Waals surface area (Å²) >= 11 is 0. The second-order valence-corrected chi connectivity index (χ2v) is 5.45. The maximum Gasteiger partial charge on any atom is 0.254 e. The van der Waals surface area contributed by atoms with Crippen LogP contribution in [0.15, 0.2) is 24.3 Å². The molecule has 3 nitrogen and oxygen atoms in total. The summed E-state index contributed by atoms with van der Waals surface area (Å²) in [5, 5.41) is 0. The van der Waals surface area contributed by atoms with Crippen molar-refractivity contribution >= 4 is 11.6 Å². The van der Waals surface area contributed by atoms with Crippen molar-refractivity contribution in [2.75, 3.05) is 12.3 Å². The molecule has 0 aromatic heterocycles. The number of carbonyl (C=O) groups excluding carboxylic acids is 1. The summed E-state index contributed by atoms with van der Waals surface area (Å²) in [6, 6.07) is 7.55. The molecule has 1 rings (SSSR count). The maximum absolute atomic E-state index is 12.7. The number of amides is 1. The zero-order chi connectivity index (χ0) is 14.4. The van der Waals surface area contributed by atoms with Gasteiger partial charge in [0.05, 0.1) is 0 Å². The van der Waals surface area contributed by atoms with Crippen molar-refractivity contribution in [1.82, 2.24) is 4.90 Å². The van der Waals surface area contributed by atoms with Crippen molar-refractivity contribution in [3.05, 3.63) is 29.8 Å². The molecule has 1 amide bonds. The number of nitrogens with zero attached hydrogens (tertiary/aromatic N) is 1. The molecule has 0 radical (unpaired) electrons. The van der Waals surface area contributed by atoms with Gasteiger partial charge >= 0.3 is 0 Å². The molecule has 0 aliphatic rings. The lowest BCUT2D eigenvalue weighted by molar-refractivity contribution is 0.0640. The quantitative estimate of drug-likeness (QED) is 0.797. The zero-order valence-corrected chi connectivity index (χ0v) is 12.5. The van der Waals surface area contributed by atoms with Crippen LogP contribution >= 0.6 is 0 Å². The molecule has 0 bridgehead atoms. The summed E-state index contributed by atoms with van der Waals surface area (Å²) < 4.78 is 0. The number of nitrogens with two attached hydrogens (primary N) is 1. The summed E-state index contributed by atoms with van der Waals surface area (Å²) in [6.45, 7) is 9.34. The van der Waals surface area contributed by atoms with Gasteiger partial charge in [-0.05, 0) is 37.0 Å². The lowest BCUT2D eigenvalue weighted by atomic mass is 10.0. The molecule has 106 valence electrons. The Balaban J connectivity index is 2.99. The second kappa shape index (κ2) is 7.17. The predicted molar refractivity (Wildman–Crippen MR) is 81.1 cm³/mol. The Hall–Kier alpha value is -1.51. The van der Waals surface area contributed by atoms with Gasteiger partial charge in [0.15, 0.2) is 0 Å². The molecule has 0 aliphatic carbocycles. The van der Waals surface area contributed by atoms with Crippen molar-refractivity contribution in [1.29, 1.82) is 0 Å². The van der Waals surface area contributed by atoms with Crippen LogP contribution in [0, 0.1) is 5.92 Å². The van der Waals surface area contributed by atoms with Gasteiger partial charge in [0, 0.05) is 23.8 Å². The van der Waals surface area contributed by atoms with Crippen molar-refractivity contribution < 1.29 is 4.79 Å². The van der Waals surface area contributed by atoms with E-state index in [0.29, 0.717) is 23.2 Å². The first-order chi connectivity index (χ1) is 8.99. The van der Waals surface area contributed by atoms with Crippen LogP contribution in [-0.4, -0.2) is 23.4 Å². The third-order valence-electron chi connectivity index (χ3n) is 3.34. The molecular formula is C16H26N2O. The van der Waals surface area contributed by atoms with E-state index in [4.69, 9.17) is 5.73 Å². The lowest BCUT2D eigenvalue weighted by Crippen LogP contribution is -2.42. The van der Waals surface area contributed by atoms with Crippen LogP contribution in [0.4, 0.5) is 5.69 Å². The SMILES string of the molecule is CCC(CC)N(CC(C)C)C(=O)c1cccc(N)c1. The number of hydrogen-bond acceptors (Lipinski definition) is 2. The van der Waals surface area contributed by atoms with Crippen LogP contribution in [0.5, 0.6) is 0 Å². The Morgan fingerprint density at radius 3 is 2.37 bits per heavy atom. The highest BCUT2D eigenvalue weighted by Crippen LogP contribution is 2.17.